The van der Waals surface area contributed by atoms with Crippen LogP contribution in [0.4, 0.5) is 0 Å². The fourth-order valence-electron chi connectivity index (χ4n) is 2.07. The average Bonchev–Trinajstić information content (AvgIpc) is 2.84. The predicted octanol–water partition coefficient (Wildman–Crippen LogP) is 0.630. The van der Waals surface area contributed by atoms with Gasteiger partial charge in [0.1, 0.15) is 4.21 Å². The zero-order chi connectivity index (χ0) is 13.7. The molecule has 1 saturated heterocycles. The molecule has 108 valence electrons. The quantitative estimate of drug-likeness (QED) is 0.757. The molecule has 1 aliphatic rings. The molecule has 2 heterocycles. The maximum atomic E-state index is 12.0. The topological polar surface area (TPSA) is 61.4 Å². The number of thiophene rings is 1. The molecule has 0 radical (unpaired) electrons. The van der Waals surface area contributed by atoms with Crippen LogP contribution in [0, 0.1) is 6.92 Å². The van der Waals surface area contributed by atoms with Crippen molar-refractivity contribution in [1.82, 2.24) is 14.9 Å². The van der Waals surface area contributed by atoms with E-state index in [1.54, 1.807) is 6.07 Å². The van der Waals surface area contributed by atoms with Crippen molar-refractivity contribution in [2.24, 2.45) is 0 Å². The third-order valence-corrected chi connectivity index (χ3v) is 6.09. The maximum absolute atomic E-state index is 12.0. The Balaban J connectivity index is 1.72. The van der Waals surface area contributed by atoms with Crippen LogP contribution in [0.2, 0.25) is 0 Å². The Labute approximate surface area is 119 Å². The first-order chi connectivity index (χ1) is 9.08. The van der Waals surface area contributed by atoms with Crippen molar-refractivity contribution in [3.8, 4) is 0 Å². The summed E-state index contributed by atoms with van der Waals surface area (Å²) >= 11 is 1.31. The Morgan fingerprint density at radius 1 is 1.37 bits per heavy atom. The zero-order valence-corrected chi connectivity index (χ0v) is 12.8. The summed E-state index contributed by atoms with van der Waals surface area (Å²) in [6.45, 7) is 7.53. The van der Waals surface area contributed by atoms with Crippen LogP contribution in [0.15, 0.2) is 16.3 Å². The highest BCUT2D eigenvalue weighted by Gasteiger charge is 2.15. The molecular weight excluding hydrogens is 282 g/mol. The average molecular weight is 303 g/mol. The normalized spacial score (nSPS) is 17.7. The Hall–Kier alpha value is -0.470. The molecule has 0 bridgehead atoms. The third-order valence-electron chi connectivity index (χ3n) is 3.13. The van der Waals surface area contributed by atoms with Gasteiger partial charge in [0.05, 0.1) is 0 Å². The van der Waals surface area contributed by atoms with Crippen LogP contribution in [0.25, 0.3) is 0 Å². The first-order valence-electron chi connectivity index (χ1n) is 6.57. The van der Waals surface area contributed by atoms with Crippen molar-refractivity contribution in [3.05, 3.63) is 17.0 Å². The SMILES string of the molecule is Cc1ccc(S(=O)(=O)NCCCN2CCNCC2)s1. The molecule has 0 spiro atoms. The van der Waals surface area contributed by atoms with E-state index in [4.69, 9.17) is 0 Å². The molecule has 0 saturated carbocycles. The van der Waals surface area contributed by atoms with Gasteiger partial charge in [-0.1, -0.05) is 0 Å². The van der Waals surface area contributed by atoms with Crippen molar-refractivity contribution in [3.63, 3.8) is 0 Å². The summed E-state index contributed by atoms with van der Waals surface area (Å²) < 4.78 is 27.0. The Kier molecular flexibility index (Phi) is 5.35. The number of hydrogen-bond donors (Lipinski definition) is 2. The first-order valence-corrected chi connectivity index (χ1v) is 8.87. The van der Waals surface area contributed by atoms with E-state index in [1.165, 1.54) is 11.3 Å². The van der Waals surface area contributed by atoms with Crippen LogP contribution in [-0.4, -0.2) is 52.6 Å². The lowest BCUT2D eigenvalue weighted by Crippen LogP contribution is -2.44. The molecule has 0 atom stereocenters. The Morgan fingerprint density at radius 2 is 2.11 bits per heavy atom. The van der Waals surface area contributed by atoms with Crippen molar-refractivity contribution >= 4 is 21.4 Å². The van der Waals surface area contributed by atoms with Gasteiger partial charge in [0.2, 0.25) is 10.0 Å². The van der Waals surface area contributed by atoms with Gasteiger partial charge in [-0.2, -0.15) is 0 Å². The highest BCUT2D eigenvalue weighted by Crippen LogP contribution is 2.20. The number of nitrogens with one attached hydrogen (secondary N) is 2. The lowest BCUT2D eigenvalue weighted by molar-refractivity contribution is 0.239. The molecule has 1 aromatic rings. The van der Waals surface area contributed by atoms with Crippen molar-refractivity contribution in [2.45, 2.75) is 17.6 Å². The van der Waals surface area contributed by atoms with E-state index in [2.05, 4.69) is 14.9 Å². The number of nitrogens with zero attached hydrogens (tertiary/aromatic N) is 1. The molecule has 0 aromatic carbocycles. The van der Waals surface area contributed by atoms with Crippen LogP contribution in [0.1, 0.15) is 11.3 Å². The summed E-state index contributed by atoms with van der Waals surface area (Å²) in [4.78, 5) is 3.38. The van der Waals surface area contributed by atoms with Gasteiger partial charge in [0, 0.05) is 37.6 Å². The standard InChI is InChI=1S/C12H21N3O2S2/c1-11-3-4-12(18-11)19(16,17)14-5-2-8-15-9-6-13-7-10-15/h3-4,13-14H,2,5-10H2,1H3. The molecule has 2 N–H and O–H groups in total. The monoisotopic (exact) mass is 303 g/mol. The number of sulfonamides is 1. The molecule has 7 heteroatoms. The Morgan fingerprint density at radius 3 is 2.74 bits per heavy atom. The van der Waals surface area contributed by atoms with Crippen LogP contribution in [0.5, 0.6) is 0 Å². The van der Waals surface area contributed by atoms with Gasteiger partial charge >= 0.3 is 0 Å². The summed E-state index contributed by atoms with van der Waals surface area (Å²) in [7, 11) is -3.30. The zero-order valence-electron chi connectivity index (χ0n) is 11.2. The fourth-order valence-corrected chi connectivity index (χ4v) is 4.47. The van der Waals surface area contributed by atoms with E-state index in [1.807, 2.05) is 13.0 Å². The van der Waals surface area contributed by atoms with E-state index in [0.717, 1.165) is 44.0 Å². The van der Waals surface area contributed by atoms with Crippen molar-refractivity contribution in [1.29, 1.82) is 0 Å². The van der Waals surface area contributed by atoms with Gasteiger partial charge in [0.15, 0.2) is 0 Å². The highest BCUT2D eigenvalue weighted by molar-refractivity contribution is 7.91. The summed E-state index contributed by atoms with van der Waals surface area (Å²) in [6.07, 6.45) is 0.851. The number of aryl methyl sites for hydroxylation is 1. The van der Waals surface area contributed by atoms with Crippen LogP contribution in [-0.2, 0) is 10.0 Å². The van der Waals surface area contributed by atoms with Gasteiger partial charge in [-0.3, -0.25) is 0 Å². The molecule has 1 fully saturated rings. The van der Waals surface area contributed by atoms with E-state index in [-0.39, 0.29) is 0 Å². The summed E-state index contributed by atoms with van der Waals surface area (Å²) in [5.74, 6) is 0. The minimum atomic E-state index is -3.30. The number of hydrogen-bond acceptors (Lipinski definition) is 5. The molecule has 0 aliphatic carbocycles. The predicted molar refractivity (Wildman–Crippen MR) is 78.2 cm³/mol. The molecule has 0 unspecified atom stereocenters. The van der Waals surface area contributed by atoms with Gasteiger partial charge in [0.25, 0.3) is 0 Å². The van der Waals surface area contributed by atoms with E-state index < -0.39 is 10.0 Å². The van der Waals surface area contributed by atoms with Crippen LogP contribution >= 0.6 is 11.3 Å². The number of rotatable bonds is 6. The van der Waals surface area contributed by atoms with Crippen molar-refractivity contribution in [2.75, 3.05) is 39.3 Å². The van der Waals surface area contributed by atoms with E-state index in [0.29, 0.717) is 10.8 Å². The van der Waals surface area contributed by atoms with Crippen LogP contribution < -0.4 is 10.0 Å². The highest BCUT2D eigenvalue weighted by atomic mass is 32.2. The number of piperazine rings is 1. The summed E-state index contributed by atoms with van der Waals surface area (Å²) in [5.41, 5.74) is 0. The van der Waals surface area contributed by atoms with Gasteiger partial charge < -0.3 is 10.2 Å². The second kappa shape index (κ2) is 6.81. The summed E-state index contributed by atoms with van der Waals surface area (Å²) in [5, 5.41) is 3.30. The fraction of sp³-hybridized carbons (Fsp3) is 0.667. The minimum Gasteiger partial charge on any atom is -0.314 e. The smallest absolute Gasteiger partial charge is 0.250 e. The second-order valence-electron chi connectivity index (χ2n) is 4.71. The molecule has 1 aromatic heterocycles. The van der Waals surface area contributed by atoms with Gasteiger partial charge in [-0.05, 0) is 32.0 Å². The summed E-state index contributed by atoms with van der Waals surface area (Å²) in [6, 6.07) is 3.50. The lowest BCUT2D eigenvalue weighted by Gasteiger charge is -2.26. The second-order valence-corrected chi connectivity index (χ2v) is 7.99. The van der Waals surface area contributed by atoms with E-state index >= 15 is 0 Å². The van der Waals surface area contributed by atoms with E-state index in [9.17, 15) is 8.42 Å². The molecule has 1 aliphatic heterocycles. The van der Waals surface area contributed by atoms with Gasteiger partial charge in [-0.15, -0.1) is 11.3 Å². The minimum absolute atomic E-state index is 0.409. The molecule has 19 heavy (non-hydrogen) atoms. The molecule has 0 amide bonds. The van der Waals surface area contributed by atoms with Gasteiger partial charge in [-0.25, -0.2) is 13.1 Å². The van der Waals surface area contributed by atoms with Crippen LogP contribution in [0.3, 0.4) is 0 Å². The van der Waals surface area contributed by atoms with Crippen molar-refractivity contribution < 1.29 is 8.42 Å². The third kappa shape index (κ3) is 4.54. The largest absolute Gasteiger partial charge is 0.314 e. The first kappa shape index (κ1) is 14.9. The lowest BCUT2D eigenvalue weighted by atomic mass is 10.3. The molecule has 2 rings (SSSR count). The Bertz CT molecular complexity index is 493. The maximum Gasteiger partial charge on any atom is 0.250 e. The molecular formula is C12H21N3O2S2. The molecule has 5 nitrogen and oxygen atoms in total.